The van der Waals surface area contributed by atoms with Gasteiger partial charge in [0.15, 0.2) is 0 Å². The van der Waals surface area contributed by atoms with Crippen molar-refractivity contribution >= 4 is 17.7 Å². The van der Waals surface area contributed by atoms with Gasteiger partial charge in [-0.2, -0.15) is 0 Å². The number of ketones is 1. The fraction of sp³-hybridized carbons (Fsp3) is 0.417. The van der Waals surface area contributed by atoms with E-state index < -0.39 is 5.97 Å². The number of piperidine rings is 1. The lowest BCUT2D eigenvalue weighted by molar-refractivity contribution is -0.136. The number of hydrogen-bond acceptors (Lipinski definition) is 4. The van der Waals surface area contributed by atoms with Crippen LogP contribution in [0.25, 0.3) is 11.3 Å². The molecule has 0 aliphatic carbocycles. The second kappa shape index (κ2) is 9.65. The number of nitrogens with zero attached hydrogens (tertiary/aromatic N) is 2. The molecule has 0 radical (unpaired) electrons. The molecule has 1 aliphatic heterocycles. The number of carboxylic acid groups (broad SMARTS) is 1. The van der Waals surface area contributed by atoms with Crippen LogP contribution in [0.1, 0.15) is 49.0 Å². The monoisotopic (exact) mass is 408 g/mol. The normalized spacial score (nSPS) is 16.5. The molecule has 1 N–H and O–H groups in total. The molecule has 30 heavy (non-hydrogen) atoms. The van der Waals surface area contributed by atoms with Crippen LogP contribution in [0.15, 0.2) is 42.6 Å². The first-order chi connectivity index (χ1) is 14.3. The minimum absolute atomic E-state index is 0.0162. The maximum Gasteiger partial charge on any atom is 0.307 e. The van der Waals surface area contributed by atoms with E-state index in [0.29, 0.717) is 31.0 Å². The molecule has 6 heteroatoms. The fourth-order valence-electron chi connectivity index (χ4n) is 3.84. The van der Waals surface area contributed by atoms with Gasteiger partial charge in [-0.25, -0.2) is 0 Å². The predicted octanol–water partition coefficient (Wildman–Crippen LogP) is 3.84. The third kappa shape index (κ3) is 5.53. The Hall–Kier alpha value is -3.02. The average molecular weight is 408 g/mol. The lowest BCUT2D eigenvalue weighted by Gasteiger charge is -2.32. The Balaban J connectivity index is 1.66. The molecule has 2 heterocycles. The molecule has 1 aromatic carbocycles. The number of aliphatic carboxylic acids is 1. The molecular formula is C24H28N2O4. The molecule has 1 fully saturated rings. The lowest BCUT2D eigenvalue weighted by Crippen LogP contribution is -2.42. The molecule has 0 bridgehead atoms. The summed E-state index contributed by atoms with van der Waals surface area (Å²) in [6.07, 6.45) is 3.81. The Morgan fingerprint density at radius 2 is 1.87 bits per heavy atom. The highest BCUT2D eigenvalue weighted by Gasteiger charge is 2.29. The minimum atomic E-state index is -0.866. The van der Waals surface area contributed by atoms with Crippen LogP contribution in [-0.2, 0) is 16.0 Å². The first-order valence-corrected chi connectivity index (χ1v) is 10.4. The molecule has 0 spiro atoms. The summed E-state index contributed by atoms with van der Waals surface area (Å²) < 4.78 is 0. The predicted molar refractivity (Wildman–Crippen MR) is 114 cm³/mol. The van der Waals surface area contributed by atoms with Gasteiger partial charge in [-0.3, -0.25) is 19.4 Å². The van der Waals surface area contributed by atoms with Crippen molar-refractivity contribution in [2.24, 2.45) is 11.8 Å². The summed E-state index contributed by atoms with van der Waals surface area (Å²) in [5.74, 6) is -0.440. The van der Waals surface area contributed by atoms with Gasteiger partial charge in [0.25, 0.3) is 5.91 Å². The second-order valence-corrected chi connectivity index (χ2v) is 8.35. The van der Waals surface area contributed by atoms with E-state index in [2.05, 4.69) is 4.98 Å². The van der Waals surface area contributed by atoms with Gasteiger partial charge in [0.1, 0.15) is 5.78 Å². The van der Waals surface area contributed by atoms with Gasteiger partial charge in [-0.15, -0.1) is 0 Å². The summed E-state index contributed by atoms with van der Waals surface area (Å²) in [5.41, 5.74) is 2.82. The van der Waals surface area contributed by atoms with Crippen molar-refractivity contribution in [1.82, 2.24) is 9.88 Å². The average Bonchev–Trinajstić information content (AvgIpc) is 2.73. The topological polar surface area (TPSA) is 87.6 Å². The molecule has 0 saturated carbocycles. The number of pyridine rings is 1. The first kappa shape index (κ1) is 21.7. The Morgan fingerprint density at radius 1 is 1.13 bits per heavy atom. The molecule has 1 atom stereocenters. The van der Waals surface area contributed by atoms with E-state index in [1.807, 2.05) is 26.0 Å². The van der Waals surface area contributed by atoms with Gasteiger partial charge >= 0.3 is 5.97 Å². The van der Waals surface area contributed by atoms with E-state index in [1.165, 1.54) is 0 Å². The number of benzene rings is 1. The smallest absolute Gasteiger partial charge is 0.307 e. The van der Waals surface area contributed by atoms with Crippen LogP contribution < -0.4 is 0 Å². The SMILES string of the molecule is CC(C)CC(=O)C1CCCN(C(=O)c2ccc(-c3ccc(CC(=O)O)cc3)nc2)C1. The zero-order valence-corrected chi connectivity index (χ0v) is 17.5. The molecule has 1 aromatic heterocycles. The Kier molecular flexibility index (Phi) is 6.98. The van der Waals surface area contributed by atoms with Gasteiger partial charge in [-0.05, 0) is 36.5 Å². The molecule has 1 saturated heterocycles. The molecular weight excluding hydrogens is 380 g/mol. The van der Waals surface area contributed by atoms with Crippen LogP contribution >= 0.6 is 0 Å². The van der Waals surface area contributed by atoms with Crippen LogP contribution in [0.4, 0.5) is 0 Å². The fourth-order valence-corrected chi connectivity index (χ4v) is 3.84. The molecule has 3 rings (SSSR count). The lowest BCUT2D eigenvalue weighted by atomic mass is 9.89. The van der Waals surface area contributed by atoms with E-state index in [4.69, 9.17) is 5.11 Å². The van der Waals surface area contributed by atoms with E-state index in [1.54, 1.807) is 35.4 Å². The largest absolute Gasteiger partial charge is 0.481 e. The van der Waals surface area contributed by atoms with Gasteiger partial charge in [0.05, 0.1) is 17.7 Å². The van der Waals surface area contributed by atoms with Crippen molar-refractivity contribution in [3.05, 3.63) is 53.7 Å². The summed E-state index contributed by atoms with van der Waals surface area (Å²) in [6, 6.07) is 10.8. The first-order valence-electron chi connectivity index (χ1n) is 10.4. The minimum Gasteiger partial charge on any atom is -0.481 e. The number of likely N-dealkylation sites (tertiary alicyclic amines) is 1. The summed E-state index contributed by atoms with van der Waals surface area (Å²) in [5, 5.41) is 8.86. The number of carbonyl (C=O) groups excluding carboxylic acids is 2. The zero-order valence-electron chi connectivity index (χ0n) is 17.5. The standard InChI is InChI=1S/C24H28N2O4/c1-16(2)12-22(27)20-4-3-11-26(15-20)24(30)19-9-10-21(25-14-19)18-7-5-17(6-8-18)13-23(28)29/h5-10,14,16,20H,3-4,11-13,15H2,1-2H3,(H,28,29). The molecule has 2 aromatic rings. The van der Waals surface area contributed by atoms with Gasteiger partial charge < -0.3 is 10.0 Å². The maximum atomic E-state index is 12.9. The van der Waals surface area contributed by atoms with Crippen molar-refractivity contribution in [3.63, 3.8) is 0 Å². The van der Waals surface area contributed by atoms with E-state index in [9.17, 15) is 14.4 Å². The Bertz CT molecular complexity index is 904. The number of carbonyl (C=O) groups is 3. The summed E-state index contributed by atoms with van der Waals surface area (Å²) in [6.45, 7) is 5.22. The van der Waals surface area contributed by atoms with Crippen molar-refractivity contribution in [3.8, 4) is 11.3 Å². The summed E-state index contributed by atoms with van der Waals surface area (Å²) >= 11 is 0. The van der Waals surface area contributed by atoms with Gasteiger partial charge in [0.2, 0.25) is 0 Å². The van der Waals surface area contributed by atoms with Gasteiger partial charge in [-0.1, -0.05) is 38.1 Å². The maximum absolute atomic E-state index is 12.9. The number of aromatic nitrogens is 1. The highest BCUT2D eigenvalue weighted by atomic mass is 16.4. The summed E-state index contributed by atoms with van der Waals surface area (Å²) in [7, 11) is 0. The van der Waals surface area contributed by atoms with E-state index in [-0.39, 0.29) is 24.0 Å². The molecule has 1 amide bonds. The Morgan fingerprint density at radius 3 is 2.47 bits per heavy atom. The van der Waals surface area contributed by atoms with Crippen molar-refractivity contribution in [2.45, 2.75) is 39.5 Å². The van der Waals surface area contributed by atoms with Crippen LogP contribution in [0.3, 0.4) is 0 Å². The van der Waals surface area contributed by atoms with E-state index >= 15 is 0 Å². The third-order valence-electron chi connectivity index (χ3n) is 5.39. The highest BCUT2D eigenvalue weighted by molar-refractivity contribution is 5.94. The number of rotatable bonds is 7. The van der Waals surface area contributed by atoms with Crippen molar-refractivity contribution < 1.29 is 19.5 Å². The number of amides is 1. The van der Waals surface area contributed by atoms with Crippen LogP contribution in [-0.4, -0.2) is 45.7 Å². The highest BCUT2D eigenvalue weighted by Crippen LogP contribution is 2.23. The quantitative estimate of drug-likeness (QED) is 0.752. The zero-order chi connectivity index (χ0) is 21.7. The number of Topliss-reactive ketones (excluding diaryl/α,β-unsaturated/α-hetero) is 1. The van der Waals surface area contributed by atoms with Crippen molar-refractivity contribution in [2.75, 3.05) is 13.1 Å². The van der Waals surface area contributed by atoms with Gasteiger partial charge in [0, 0.05) is 37.2 Å². The van der Waals surface area contributed by atoms with Crippen LogP contribution in [0.5, 0.6) is 0 Å². The third-order valence-corrected chi connectivity index (χ3v) is 5.39. The molecule has 6 nitrogen and oxygen atoms in total. The number of hydrogen-bond donors (Lipinski definition) is 1. The van der Waals surface area contributed by atoms with Crippen molar-refractivity contribution in [1.29, 1.82) is 0 Å². The Labute approximate surface area is 176 Å². The van der Waals surface area contributed by atoms with Crippen LogP contribution in [0.2, 0.25) is 0 Å². The second-order valence-electron chi connectivity index (χ2n) is 8.35. The molecule has 1 aliphatic rings. The van der Waals surface area contributed by atoms with E-state index in [0.717, 1.165) is 29.7 Å². The summed E-state index contributed by atoms with van der Waals surface area (Å²) in [4.78, 5) is 42.3. The number of carboxylic acids is 1. The van der Waals surface area contributed by atoms with Crippen LogP contribution in [0, 0.1) is 11.8 Å². The molecule has 1 unspecified atom stereocenters. The molecule has 158 valence electrons.